The molecule has 190 valence electrons. The number of carbonyl (C=O) groups is 1. The molecule has 0 spiro atoms. The summed E-state index contributed by atoms with van der Waals surface area (Å²) in [5.41, 5.74) is 4.72. The average molecular weight is 540 g/mol. The van der Waals surface area contributed by atoms with Crippen molar-refractivity contribution in [3.8, 4) is 27.3 Å². The maximum absolute atomic E-state index is 14.1. The van der Waals surface area contributed by atoms with E-state index in [0.717, 1.165) is 33.7 Å². The zero-order valence-electron chi connectivity index (χ0n) is 20.2. The number of hydrogen-bond acceptors (Lipinski definition) is 4. The summed E-state index contributed by atoms with van der Waals surface area (Å²) in [5, 5.41) is 2.70. The Bertz CT molecular complexity index is 1450. The van der Waals surface area contributed by atoms with Gasteiger partial charge < -0.3 is 9.47 Å². The first-order chi connectivity index (χ1) is 17.8. The quantitative estimate of drug-likeness (QED) is 0.254. The summed E-state index contributed by atoms with van der Waals surface area (Å²) in [4.78, 5) is 13.3. The smallest absolute Gasteiger partial charge is 0.412 e. The van der Waals surface area contributed by atoms with Crippen molar-refractivity contribution in [3.63, 3.8) is 0 Å². The topological polar surface area (TPSA) is 47.6 Å². The van der Waals surface area contributed by atoms with Crippen molar-refractivity contribution in [2.75, 3.05) is 12.4 Å². The summed E-state index contributed by atoms with van der Waals surface area (Å²) in [5.74, 6) is -0.103. The second-order valence-electron chi connectivity index (χ2n) is 8.94. The molecular formula is C29H24ClF2NO3S. The lowest BCUT2D eigenvalue weighted by Gasteiger charge is -2.15. The fourth-order valence-electron chi connectivity index (χ4n) is 4.29. The first kappa shape index (κ1) is 25.2. The second kappa shape index (κ2) is 10.5. The number of benzene rings is 3. The molecule has 1 amide bonds. The van der Waals surface area contributed by atoms with Crippen molar-refractivity contribution >= 4 is 34.7 Å². The summed E-state index contributed by atoms with van der Waals surface area (Å²) < 4.78 is 38.8. The Morgan fingerprint density at radius 3 is 2.43 bits per heavy atom. The van der Waals surface area contributed by atoms with Crippen LogP contribution in [0.15, 0.2) is 66.7 Å². The van der Waals surface area contributed by atoms with Gasteiger partial charge in [-0.05, 0) is 66.6 Å². The number of rotatable bonds is 7. The minimum atomic E-state index is -0.927. The molecule has 1 aromatic heterocycles. The first-order valence-electron chi connectivity index (χ1n) is 11.8. The molecule has 37 heavy (non-hydrogen) atoms. The van der Waals surface area contributed by atoms with Crippen molar-refractivity contribution < 1.29 is 23.0 Å². The molecule has 0 saturated heterocycles. The van der Waals surface area contributed by atoms with Crippen molar-refractivity contribution in [3.05, 3.63) is 93.8 Å². The highest BCUT2D eigenvalue weighted by molar-refractivity contribution is 7.20. The van der Waals surface area contributed by atoms with Crippen LogP contribution >= 0.6 is 22.9 Å². The number of amides is 1. The third kappa shape index (κ3) is 5.63. The third-order valence-corrected chi connectivity index (χ3v) is 7.67. The van der Waals surface area contributed by atoms with Crippen LogP contribution < -0.4 is 10.1 Å². The Labute approximate surface area is 222 Å². The van der Waals surface area contributed by atoms with Gasteiger partial charge in [0, 0.05) is 17.2 Å². The van der Waals surface area contributed by atoms with Gasteiger partial charge in [-0.15, -0.1) is 11.3 Å². The number of methoxy groups -OCH3 is 1. The van der Waals surface area contributed by atoms with E-state index in [2.05, 4.69) is 29.6 Å². The molecule has 5 rings (SSSR count). The molecule has 1 saturated carbocycles. The van der Waals surface area contributed by atoms with Crippen molar-refractivity contribution in [2.45, 2.75) is 31.8 Å². The molecule has 0 aliphatic heterocycles. The van der Waals surface area contributed by atoms with E-state index in [4.69, 9.17) is 21.1 Å². The number of thiophene rings is 1. The lowest BCUT2D eigenvalue weighted by atomic mass is 9.99. The Hall–Kier alpha value is -3.42. The standard InChI is InChI=1S/C29H24ClF2NO3S/c1-16(22-12-10-21(31)14-24(22)32)36-29(34)33-25-15-27(30)37-28(25)20-9-11-23(26(13-20)35-2)19-7-5-18(6-8-19)17-3-4-17/h5-17H,3-4H2,1-2H3,(H,33,34). The van der Waals surface area contributed by atoms with E-state index < -0.39 is 23.8 Å². The number of anilines is 1. The minimum absolute atomic E-state index is 0.0746. The SMILES string of the molecule is COc1cc(-c2sc(Cl)cc2NC(=O)OC(C)c2ccc(F)cc2F)ccc1-c1ccc(C2CC2)cc1. The van der Waals surface area contributed by atoms with Crippen LogP contribution in [0.3, 0.4) is 0 Å². The van der Waals surface area contributed by atoms with Crippen LogP contribution in [0.4, 0.5) is 19.3 Å². The van der Waals surface area contributed by atoms with Crippen LogP contribution in [0.2, 0.25) is 4.34 Å². The minimum Gasteiger partial charge on any atom is -0.496 e. The largest absolute Gasteiger partial charge is 0.496 e. The van der Waals surface area contributed by atoms with Crippen LogP contribution in [0.25, 0.3) is 21.6 Å². The fourth-order valence-corrected chi connectivity index (χ4v) is 5.46. The van der Waals surface area contributed by atoms with Gasteiger partial charge in [-0.3, -0.25) is 5.32 Å². The lowest BCUT2D eigenvalue weighted by Crippen LogP contribution is -2.16. The molecule has 1 fully saturated rings. The average Bonchev–Trinajstić information content (AvgIpc) is 3.66. The van der Waals surface area contributed by atoms with E-state index in [0.29, 0.717) is 21.7 Å². The predicted octanol–water partition coefficient (Wildman–Crippen LogP) is 9.21. The number of hydrogen-bond donors (Lipinski definition) is 1. The van der Waals surface area contributed by atoms with Gasteiger partial charge in [0.1, 0.15) is 23.5 Å². The first-order valence-corrected chi connectivity index (χ1v) is 13.0. The zero-order valence-corrected chi connectivity index (χ0v) is 21.8. The lowest BCUT2D eigenvalue weighted by molar-refractivity contribution is 0.119. The summed E-state index contributed by atoms with van der Waals surface area (Å²) in [6.45, 7) is 1.51. The van der Waals surface area contributed by atoms with Crippen molar-refractivity contribution in [1.82, 2.24) is 0 Å². The van der Waals surface area contributed by atoms with Gasteiger partial charge in [-0.1, -0.05) is 48.0 Å². The third-order valence-electron chi connectivity index (χ3n) is 6.36. The number of ether oxygens (including phenoxy) is 2. The monoisotopic (exact) mass is 539 g/mol. The fraction of sp³-hybridized carbons (Fsp3) is 0.207. The summed E-state index contributed by atoms with van der Waals surface area (Å²) in [6.07, 6.45) is 0.800. The predicted molar refractivity (Wildman–Crippen MR) is 144 cm³/mol. The summed E-state index contributed by atoms with van der Waals surface area (Å²) >= 11 is 7.59. The molecule has 8 heteroatoms. The molecule has 3 aromatic carbocycles. The maximum atomic E-state index is 14.1. The second-order valence-corrected chi connectivity index (χ2v) is 10.6. The van der Waals surface area contributed by atoms with Crippen LogP contribution in [0, 0.1) is 11.6 Å². The molecule has 1 unspecified atom stereocenters. The van der Waals surface area contributed by atoms with Crippen LogP contribution in [-0.4, -0.2) is 13.2 Å². The van der Waals surface area contributed by atoms with Gasteiger partial charge in [0.15, 0.2) is 0 Å². The van der Waals surface area contributed by atoms with E-state index in [1.807, 2.05) is 18.2 Å². The number of nitrogens with one attached hydrogen (secondary N) is 1. The van der Waals surface area contributed by atoms with Crippen molar-refractivity contribution in [2.24, 2.45) is 0 Å². The molecule has 1 atom stereocenters. The molecule has 1 heterocycles. The highest BCUT2D eigenvalue weighted by Gasteiger charge is 2.23. The summed E-state index contributed by atoms with van der Waals surface area (Å²) in [6, 6.07) is 19.1. The normalized spacial score (nSPS) is 13.8. The van der Waals surface area contributed by atoms with Gasteiger partial charge >= 0.3 is 6.09 Å². The van der Waals surface area contributed by atoms with E-state index in [1.165, 1.54) is 42.7 Å². The molecule has 1 aliphatic carbocycles. The molecule has 1 aliphatic rings. The molecular weight excluding hydrogens is 516 g/mol. The number of halogens is 3. The van der Waals surface area contributed by atoms with E-state index >= 15 is 0 Å². The Morgan fingerprint density at radius 1 is 1.03 bits per heavy atom. The van der Waals surface area contributed by atoms with Gasteiger partial charge in [-0.25, -0.2) is 13.6 Å². The van der Waals surface area contributed by atoms with Crippen molar-refractivity contribution in [1.29, 1.82) is 0 Å². The number of carbonyl (C=O) groups excluding carboxylic acids is 1. The highest BCUT2D eigenvalue weighted by atomic mass is 35.5. The van der Waals surface area contributed by atoms with Gasteiger partial charge in [0.2, 0.25) is 0 Å². The van der Waals surface area contributed by atoms with Gasteiger partial charge in [-0.2, -0.15) is 0 Å². The van der Waals surface area contributed by atoms with Crippen LogP contribution in [0.1, 0.15) is 42.9 Å². The van der Waals surface area contributed by atoms with Crippen LogP contribution in [-0.2, 0) is 4.74 Å². The highest BCUT2D eigenvalue weighted by Crippen LogP contribution is 2.44. The van der Waals surface area contributed by atoms with E-state index in [9.17, 15) is 13.6 Å². The Morgan fingerprint density at radius 2 is 1.76 bits per heavy atom. The molecule has 0 radical (unpaired) electrons. The molecule has 1 N–H and O–H groups in total. The molecule has 4 aromatic rings. The zero-order chi connectivity index (χ0) is 26.1. The Balaban J connectivity index is 1.36. The molecule has 4 nitrogen and oxygen atoms in total. The Kier molecular flexibility index (Phi) is 7.17. The maximum Gasteiger partial charge on any atom is 0.412 e. The summed E-state index contributed by atoms with van der Waals surface area (Å²) in [7, 11) is 1.62. The van der Waals surface area contributed by atoms with E-state index in [1.54, 1.807) is 13.2 Å². The van der Waals surface area contributed by atoms with Gasteiger partial charge in [0.25, 0.3) is 0 Å². The molecule has 0 bridgehead atoms. The van der Waals surface area contributed by atoms with E-state index in [-0.39, 0.29) is 5.56 Å². The van der Waals surface area contributed by atoms with Crippen LogP contribution in [0.5, 0.6) is 5.75 Å². The van der Waals surface area contributed by atoms with Gasteiger partial charge in [0.05, 0.1) is 22.0 Å².